The van der Waals surface area contributed by atoms with Gasteiger partial charge in [-0.15, -0.1) is 0 Å². The number of aromatic nitrogens is 3. The Labute approximate surface area is 126 Å². The first-order valence-corrected chi connectivity index (χ1v) is 6.35. The maximum absolute atomic E-state index is 14.3. The number of halogens is 3. The molecule has 3 heterocycles. The molecular formula is C12H10F3N5O3. The van der Waals surface area contributed by atoms with Gasteiger partial charge in [0, 0.05) is 6.20 Å². The topological polar surface area (TPSA) is 130 Å². The van der Waals surface area contributed by atoms with Crippen molar-refractivity contribution in [2.75, 3.05) is 12.3 Å². The van der Waals surface area contributed by atoms with Crippen LogP contribution in [-0.2, 0) is 4.74 Å². The number of nitriles is 1. The molecule has 23 heavy (non-hydrogen) atoms. The molecule has 1 saturated heterocycles. The van der Waals surface area contributed by atoms with E-state index in [1.165, 1.54) is 6.07 Å². The number of fused-ring (bicyclic) bond motifs is 1. The minimum atomic E-state index is -2.23. The lowest BCUT2D eigenvalue weighted by Crippen LogP contribution is -2.44. The van der Waals surface area contributed by atoms with E-state index >= 15 is 0 Å². The van der Waals surface area contributed by atoms with E-state index in [1.807, 2.05) is 0 Å². The van der Waals surface area contributed by atoms with Crippen molar-refractivity contribution in [1.29, 1.82) is 5.26 Å². The first-order chi connectivity index (χ1) is 10.8. The molecule has 0 bridgehead atoms. The highest BCUT2D eigenvalue weighted by atomic mass is 19.1. The van der Waals surface area contributed by atoms with Gasteiger partial charge in [0.25, 0.3) is 0 Å². The van der Waals surface area contributed by atoms with Gasteiger partial charge in [0.05, 0.1) is 12.0 Å². The molecule has 2 aromatic heterocycles. The highest BCUT2D eigenvalue weighted by Gasteiger charge is 2.56. The van der Waals surface area contributed by atoms with E-state index in [2.05, 4.69) is 9.97 Å². The fourth-order valence-corrected chi connectivity index (χ4v) is 2.53. The molecule has 0 amide bonds. The third-order valence-electron chi connectivity index (χ3n) is 3.71. The van der Waals surface area contributed by atoms with Gasteiger partial charge in [-0.05, 0) is 0 Å². The van der Waals surface area contributed by atoms with Crippen molar-refractivity contribution in [1.82, 2.24) is 14.5 Å². The lowest BCUT2D eigenvalue weighted by molar-refractivity contribution is -0.0912. The first-order valence-electron chi connectivity index (χ1n) is 6.35. The van der Waals surface area contributed by atoms with Gasteiger partial charge < -0.3 is 20.7 Å². The van der Waals surface area contributed by atoms with Crippen LogP contribution in [0.15, 0.2) is 6.20 Å². The Morgan fingerprint density at radius 1 is 1.48 bits per heavy atom. The van der Waals surface area contributed by atoms with Gasteiger partial charge in [0.1, 0.15) is 18.0 Å². The van der Waals surface area contributed by atoms with Crippen molar-refractivity contribution in [3.05, 3.63) is 18.1 Å². The summed E-state index contributed by atoms with van der Waals surface area (Å²) in [6.45, 7) is -0.991. The molecule has 1 aliphatic heterocycles. The molecule has 4 atom stereocenters. The molecule has 2 aromatic rings. The zero-order chi connectivity index (χ0) is 16.9. The molecule has 0 aromatic carbocycles. The summed E-state index contributed by atoms with van der Waals surface area (Å²) in [6, 6.07) is 1.48. The Morgan fingerprint density at radius 3 is 2.74 bits per heavy atom. The fourth-order valence-electron chi connectivity index (χ4n) is 2.53. The van der Waals surface area contributed by atoms with Crippen LogP contribution in [0, 0.1) is 23.2 Å². The summed E-state index contributed by atoms with van der Waals surface area (Å²) in [4.78, 5) is 6.52. The molecule has 4 unspecified atom stereocenters. The minimum Gasteiger partial charge on any atom is -0.392 e. The number of aliphatic hydroxyl groups is 2. The zero-order valence-corrected chi connectivity index (χ0v) is 11.3. The standard InChI is InChI=1S/C12H10F3N5O3/c13-4-1-20(9-5(4)8(17)18-11(15)19-9)10-6(14)7(22)12(2-16,3-21)23-10/h1,6-7,10,21-22H,3H2,(H2,17,18,19). The van der Waals surface area contributed by atoms with Gasteiger partial charge in [0.15, 0.2) is 23.9 Å². The van der Waals surface area contributed by atoms with Crippen LogP contribution in [0.4, 0.5) is 19.0 Å². The fraction of sp³-hybridized carbons (Fsp3) is 0.417. The molecular weight excluding hydrogens is 319 g/mol. The van der Waals surface area contributed by atoms with Crippen LogP contribution in [0.1, 0.15) is 6.23 Å². The number of rotatable bonds is 2. The van der Waals surface area contributed by atoms with Gasteiger partial charge in [-0.25, -0.2) is 8.78 Å². The molecule has 8 nitrogen and oxygen atoms in total. The van der Waals surface area contributed by atoms with Gasteiger partial charge in [-0.1, -0.05) is 0 Å². The quantitative estimate of drug-likeness (QED) is 0.649. The molecule has 0 saturated carbocycles. The SMILES string of the molecule is N#CC1(CO)OC(n2cc(F)c3c(N)nc(F)nc32)C(F)C1O. The second-order valence-electron chi connectivity index (χ2n) is 5.02. The van der Waals surface area contributed by atoms with Crippen molar-refractivity contribution in [3.8, 4) is 6.07 Å². The lowest BCUT2D eigenvalue weighted by atomic mass is 9.99. The minimum absolute atomic E-state index is 0.352. The van der Waals surface area contributed by atoms with E-state index in [1.54, 1.807) is 0 Å². The Balaban J connectivity index is 2.17. The number of nitrogens with zero attached hydrogens (tertiary/aromatic N) is 4. The van der Waals surface area contributed by atoms with Crippen LogP contribution in [0.2, 0.25) is 0 Å². The van der Waals surface area contributed by atoms with Gasteiger partial charge in [-0.3, -0.25) is 4.57 Å². The molecule has 0 radical (unpaired) electrons. The number of nitrogen functional groups attached to an aromatic ring is 1. The Morgan fingerprint density at radius 2 is 2.17 bits per heavy atom. The number of hydrogen-bond donors (Lipinski definition) is 3. The largest absolute Gasteiger partial charge is 0.392 e. The molecule has 1 fully saturated rings. The molecule has 0 aliphatic carbocycles. The van der Waals surface area contributed by atoms with Crippen LogP contribution < -0.4 is 5.73 Å². The van der Waals surface area contributed by atoms with Crippen molar-refractivity contribution in [2.24, 2.45) is 0 Å². The highest BCUT2D eigenvalue weighted by molar-refractivity contribution is 5.86. The first kappa shape index (κ1) is 15.5. The van der Waals surface area contributed by atoms with Gasteiger partial charge >= 0.3 is 6.08 Å². The van der Waals surface area contributed by atoms with Crippen LogP contribution in [0.25, 0.3) is 11.0 Å². The molecule has 0 spiro atoms. The smallest absolute Gasteiger partial charge is 0.312 e. The average molecular weight is 329 g/mol. The van der Waals surface area contributed by atoms with E-state index in [9.17, 15) is 23.4 Å². The number of hydrogen-bond acceptors (Lipinski definition) is 7. The summed E-state index contributed by atoms with van der Waals surface area (Å²) >= 11 is 0. The maximum Gasteiger partial charge on any atom is 0.312 e. The van der Waals surface area contributed by atoms with Crippen LogP contribution in [0.5, 0.6) is 0 Å². The van der Waals surface area contributed by atoms with Crippen LogP contribution in [0.3, 0.4) is 0 Å². The number of nitrogens with two attached hydrogens (primary N) is 1. The summed E-state index contributed by atoms with van der Waals surface area (Å²) in [6.07, 6.45) is -6.43. The molecule has 4 N–H and O–H groups in total. The Kier molecular flexibility index (Phi) is 3.40. The number of ether oxygens (including phenoxy) is 1. The summed E-state index contributed by atoms with van der Waals surface area (Å²) in [5, 5.41) is 27.7. The third-order valence-corrected chi connectivity index (χ3v) is 3.71. The van der Waals surface area contributed by atoms with Gasteiger partial charge in [-0.2, -0.15) is 19.6 Å². The monoisotopic (exact) mass is 329 g/mol. The Bertz CT molecular complexity index is 822. The van der Waals surface area contributed by atoms with E-state index < -0.39 is 54.1 Å². The molecule has 122 valence electrons. The molecule has 1 aliphatic rings. The van der Waals surface area contributed by atoms with Crippen molar-refractivity contribution in [3.63, 3.8) is 0 Å². The second kappa shape index (κ2) is 5.05. The Hall–Kier alpha value is -2.42. The van der Waals surface area contributed by atoms with Crippen LogP contribution in [-0.4, -0.2) is 49.2 Å². The van der Waals surface area contributed by atoms with E-state index in [4.69, 9.17) is 15.7 Å². The van der Waals surface area contributed by atoms with E-state index in [-0.39, 0.29) is 5.39 Å². The highest BCUT2D eigenvalue weighted by Crippen LogP contribution is 2.40. The van der Waals surface area contributed by atoms with Crippen LogP contribution >= 0.6 is 0 Å². The predicted molar refractivity (Wildman–Crippen MR) is 68.3 cm³/mol. The molecule has 3 rings (SSSR count). The molecule has 11 heteroatoms. The zero-order valence-electron chi connectivity index (χ0n) is 11.3. The lowest BCUT2D eigenvalue weighted by Gasteiger charge is -2.21. The van der Waals surface area contributed by atoms with Gasteiger partial charge in [0.2, 0.25) is 5.60 Å². The van der Waals surface area contributed by atoms with Crippen molar-refractivity contribution >= 4 is 16.9 Å². The number of anilines is 1. The van der Waals surface area contributed by atoms with Crippen molar-refractivity contribution in [2.45, 2.75) is 24.1 Å². The summed E-state index contributed by atoms with van der Waals surface area (Å²) in [5.74, 6) is -1.45. The van der Waals surface area contributed by atoms with E-state index in [0.29, 0.717) is 0 Å². The number of aliphatic hydroxyl groups excluding tert-OH is 2. The summed E-state index contributed by atoms with van der Waals surface area (Å²) < 4.78 is 47.5. The number of alkyl halides is 1. The second-order valence-corrected chi connectivity index (χ2v) is 5.02. The summed E-state index contributed by atoms with van der Waals surface area (Å²) in [7, 11) is 0. The van der Waals surface area contributed by atoms with Crippen molar-refractivity contribution < 1.29 is 28.1 Å². The predicted octanol–water partition coefficient (Wildman–Crippen LogP) is -0.226. The van der Waals surface area contributed by atoms with E-state index in [0.717, 1.165) is 10.8 Å². The normalized spacial score (nSPS) is 30.7. The summed E-state index contributed by atoms with van der Waals surface area (Å²) in [5.41, 5.74) is 2.79. The maximum atomic E-state index is 14.3. The third kappa shape index (κ3) is 2.03. The average Bonchev–Trinajstić information content (AvgIpc) is 2.96.